The first-order valence-electron chi connectivity index (χ1n) is 6.86. The lowest BCUT2D eigenvalue weighted by Crippen LogP contribution is -2.48. The Morgan fingerprint density at radius 3 is 2.56 bits per heavy atom. The summed E-state index contributed by atoms with van der Waals surface area (Å²) in [5, 5.41) is 3.52. The summed E-state index contributed by atoms with van der Waals surface area (Å²) in [7, 11) is 0. The smallest absolute Gasteiger partial charge is 0.0547 e. The first-order chi connectivity index (χ1) is 8.46. The van der Waals surface area contributed by atoms with Crippen molar-refractivity contribution in [3.63, 3.8) is 0 Å². The predicted octanol–water partition coefficient (Wildman–Crippen LogP) is 2.60. The van der Waals surface area contributed by atoms with Crippen molar-refractivity contribution in [2.75, 3.05) is 19.6 Å². The molecule has 1 rings (SSSR count). The second-order valence-corrected chi connectivity index (χ2v) is 5.49. The lowest BCUT2D eigenvalue weighted by molar-refractivity contribution is 0.201. The molecule has 0 bridgehead atoms. The maximum absolute atomic E-state index is 4.57. The summed E-state index contributed by atoms with van der Waals surface area (Å²) in [4.78, 5) is 7.01. The molecular weight excluding hydrogens is 222 g/mol. The first kappa shape index (κ1) is 15.1. The maximum atomic E-state index is 4.57. The van der Waals surface area contributed by atoms with Gasteiger partial charge in [-0.2, -0.15) is 0 Å². The van der Waals surface area contributed by atoms with Crippen molar-refractivity contribution in [2.24, 2.45) is 0 Å². The number of likely N-dealkylation sites (N-methyl/N-ethyl adjacent to an activating group) is 2. The molecule has 0 aliphatic rings. The van der Waals surface area contributed by atoms with E-state index in [0.717, 1.165) is 37.6 Å². The molecule has 1 N–H and O–H groups in total. The molecule has 0 fully saturated rings. The summed E-state index contributed by atoms with van der Waals surface area (Å²) in [6, 6.07) is 6.24. The van der Waals surface area contributed by atoms with Gasteiger partial charge in [0.1, 0.15) is 0 Å². The minimum Gasteiger partial charge on any atom is -0.311 e. The van der Waals surface area contributed by atoms with E-state index in [1.165, 1.54) is 0 Å². The zero-order valence-electron chi connectivity index (χ0n) is 12.5. The van der Waals surface area contributed by atoms with Crippen LogP contribution < -0.4 is 5.32 Å². The highest BCUT2D eigenvalue weighted by molar-refractivity contribution is 5.09. The Kier molecular flexibility index (Phi) is 5.76. The van der Waals surface area contributed by atoms with Crippen LogP contribution in [0.3, 0.4) is 0 Å². The van der Waals surface area contributed by atoms with Gasteiger partial charge in [-0.15, -0.1) is 0 Å². The first-order valence-corrected chi connectivity index (χ1v) is 6.86. The Hall–Kier alpha value is -0.930. The van der Waals surface area contributed by atoms with E-state index in [0.29, 0.717) is 0 Å². The Labute approximate surface area is 112 Å². The number of hydrogen-bond donors (Lipinski definition) is 1. The van der Waals surface area contributed by atoms with Crippen molar-refractivity contribution in [3.8, 4) is 0 Å². The van der Waals surface area contributed by atoms with Gasteiger partial charge in [-0.25, -0.2) is 0 Å². The number of hydrogen-bond acceptors (Lipinski definition) is 3. The Morgan fingerprint density at radius 2 is 2.00 bits per heavy atom. The van der Waals surface area contributed by atoms with Crippen molar-refractivity contribution in [3.05, 3.63) is 29.6 Å². The van der Waals surface area contributed by atoms with Crippen LogP contribution in [0.2, 0.25) is 0 Å². The molecule has 1 aromatic rings. The van der Waals surface area contributed by atoms with Gasteiger partial charge in [0.05, 0.1) is 5.69 Å². The monoisotopic (exact) mass is 249 g/mol. The zero-order valence-corrected chi connectivity index (χ0v) is 12.5. The molecule has 0 radical (unpaired) electrons. The molecule has 18 heavy (non-hydrogen) atoms. The lowest BCUT2D eigenvalue weighted by Gasteiger charge is -2.32. The van der Waals surface area contributed by atoms with E-state index >= 15 is 0 Å². The van der Waals surface area contributed by atoms with Crippen LogP contribution in [0.4, 0.5) is 0 Å². The molecule has 0 aliphatic heterocycles. The quantitative estimate of drug-likeness (QED) is 0.805. The van der Waals surface area contributed by atoms with Crippen molar-refractivity contribution >= 4 is 0 Å². The second-order valence-electron chi connectivity index (χ2n) is 5.49. The molecule has 0 spiro atoms. The molecule has 0 aliphatic carbocycles. The minimum absolute atomic E-state index is 0.147. The predicted molar refractivity (Wildman–Crippen MR) is 77.7 cm³/mol. The van der Waals surface area contributed by atoms with E-state index < -0.39 is 0 Å². The van der Waals surface area contributed by atoms with E-state index in [9.17, 15) is 0 Å². The molecule has 0 aromatic carbocycles. The topological polar surface area (TPSA) is 28.2 Å². The lowest BCUT2D eigenvalue weighted by atomic mass is 10.0. The van der Waals surface area contributed by atoms with Crippen molar-refractivity contribution < 1.29 is 0 Å². The van der Waals surface area contributed by atoms with Gasteiger partial charge in [0.15, 0.2) is 0 Å². The molecule has 0 unspecified atom stereocenters. The third kappa shape index (κ3) is 5.15. The fourth-order valence-electron chi connectivity index (χ4n) is 2.29. The average molecular weight is 249 g/mol. The van der Waals surface area contributed by atoms with E-state index in [4.69, 9.17) is 0 Å². The molecule has 3 heteroatoms. The average Bonchev–Trinajstić information content (AvgIpc) is 2.27. The number of nitrogens with one attached hydrogen (secondary N) is 1. The zero-order chi connectivity index (χ0) is 13.6. The van der Waals surface area contributed by atoms with E-state index in [2.05, 4.69) is 55.0 Å². The van der Waals surface area contributed by atoms with Crippen LogP contribution in [-0.2, 0) is 6.54 Å². The van der Waals surface area contributed by atoms with Crippen molar-refractivity contribution in [2.45, 2.75) is 46.7 Å². The number of rotatable bonds is 7. The Balaban J connectivity index is 2.62. The third-order valence-corrected chi connectivity index (χ3v) is 3.05. The van der Waals surface area contributed by atoms with Gasteiger partial charge in [-0.05, 0) is 46.0 Å². The van der Waals surface area contributed by atoms with Crippen molar-refractivity contribution in [1.82, 2.24) is 15.2 Å². The standard InChI is InChI=1S/C15H27N3/c1-6-16-15(4,5)12-18(7-2)11-14-10-8-9-13(3)17-14/h8-10,16H,6-7,11-12H2,1-5H3. The van der Waals surface area contributed by atoms with Gasteiger partial charge in [0, 0.05) is 24.3 Å². The number of aromatic nitrogens is 1. The number of nitrogens with zero attached hydrogens (tertiary/aromatic N) is 2. The highest BCUT2D eigenvalue weighted by Crippen LogP contribution is 2.09. The van der Waals surface area contributed by atoms with E-state index in [1.54, 1.807) is 0 Å². The summed E-state index contributed by atoms with van der Waals surface area (Å²) in [5.41, 5.74) is 2.40. The summed E-state index contributed by atoms with van der Waals surface area (Å²) in [5.74, 6) is 0. The van der Waals surface area contributed by atoms with Crippen LogP contribution in [-0.4, -0.2) is 35.1 Å². The molecule has 0 atom stereocenters. The van der Waals surface area contributed by atoms with Crippen LogP contribution in [0.1, 0.15) is 39.1 Å². The van der Waals surface area contributed by atoms with Gasteiger partial charge in [0.2, 0.25) is 0 Å². The normalized spacial score (nSPS) is 12.1. The maximum Gasteiger partial charge on any atom is 0.0547 e. The van der Waals surface area contributed by atoms with Crippen LogP contribution >= 0.6 is 0 Å². The molecule has 1 heterocycles. The highest BCUT2D eigenvalue weighted by Gasteiger charge is 2.19. The van der Waals surface area contributed by atoms with E-state index in [-0.39, 0.29) is 5.54 Å². The fourth-order valence-corrected chi connectivity index (χ4v) is 2.29. The molecule has 0 amide bonds. The second kappa shape index (κ2) is 6.86. The number of pyridine rings is 1. The molecule has 1 aromatic heterocycles. The third-order valence-electron chi connectivity index (χ3n) is 3.05. The SMILES string of the molecule is CCNC(C)(C)CN(CC)Cc1cccc(C)n1. The largest absolute Gasteiger partial charge is 0.311 e. The summed E-state index contributed by atoms with van der Waals surface area (Å²) in [6.07, 6.45) is 0. The summed E-state index contributed by atoms with van der Waals surface area (Å²) in [6.45, 7) is 14.9. The van der Waals surface area contributed by atoms with Crippen LogP contribution in [0.5, 0.6) is 0 Å². The van der Waals surface area contributed by atoms with Gasteiger partial charge in [0.25, 0.3) is 0 Å². The van der Waals surface area contributed by atoms with Crippen LogP contribution in [0.15, 0.2) is 18.2 Å². The van der Waals surface area contributed by atoms with Crippen molar-refractivity contribution in [1.29, 1.82) is 0 Å². The Bertz CT molecular complexity index is 361. The summed E-state index contributed by atoms with van der Waals surface area (Å²) < 4.78 is 0. The molecule has 3 nitrogen and oxygen atoms in total. The molecule has 0 saturated carbocycles. The molecule has 0 saturated heterocycles. The van der Waals surface area contributed by atoms with Gasteiger partial charge >= 0.3 is 0 Å². The van der Waals surface area contributed by atoms with Crippen LogP contribution in [0, 0.1) is 6.92 Å². The molecular formula is C15H27N3. The van der Waals surface area contributed by atoms with E-state index in [1.807, 2.05) is 13.0 Å². The summed E-state index contributed by atoms with van der Waals surface area (Å²) >= 11 is 0. The fraction of sp³-hybridized carbons (Fsp3) is 0.667. The van der Waals surface area contributed by atoms with Crippen LogP contribution in [0.25, 0.3) is 0 Å². The Morgan fingerprint density at radius 1 is 1.28 bits per heavy atom. The molecule has 102 valence electrons. The van der Waals surface area contributed by atoms with Gasteiger partial charge in [-0.3, -0.25) is 9.88 Å². The van der Waals surface area contributed by atoms with Gasteiger partial charge in [-0.1, -0.05) is 19.9 Å². The minimum atomic E-state index is 0.147. The number of aryl methyl sites for hydroxylation is 1. The van der Waals surface area contributed by atoms with Gasteiger partial charge < -0.3 is 5.32 Å². The highest BCUT2D eigenvalue weighted by atomic mass is 15.2.